The van der Waals surface area contributed by atoms with Gasteiger partial charge in [0, 0.05) is 67.1 Å². The quantitative estimate of drug-likeness (QED) is 0.370. The molecule has 2 aliphatic rings. The van der Waals surface area contributed by atoms with Gasteiger partial charge in [0.1, 0.15) is 0 Å². The van der Waals surface area contributed by atoms with Crippen LogP contribution in [0.1, 0.15) is 41.9 Å². The van der Waals surface area contributed by atoms with Crippen molar-refractivity contribution in [2.24, 2.45) is 13.0 Å². The van der Waals surface area contributed by atoms with Crippen LogP contribution in [-0.4, -0.2) is 39.1 Å². The third-order valence-corrected chi connectivity index (χ3v) is 8.36. The van der Waals surface area contributed by atoms with Crippen LogP contribution in [-0.2, 0) is 24.9 Å². The number of amides is 1. The molecule has 38 heavy (non-hydrogen) atoms. The van der Waals surface area contributed by atoms with E-state index in [1.54, 1.807) is 17.7 Å². The van der Waals surface area contributed by atoms with E-state index >= 15 is 0 Å². The second-order valence-corrected chi connectivity index (χ2v) is 11.2. The predicted octanol–water partition coefficient (Wildman–Crippen LogP) is 4.93. The standard InChI is InChI=1S/C31H33ClN4O2/c1-34-15-13-22(16-30(34)37)26-12-14-33-17-28(26)31(38)36(25-10-11-25)20-23-19-35(29-5-3-2-4-27(23)29)18-21-6-8-24(32)9-7-21/h2-9,13,15-16,19,25-26,28,33H,10-12,14,17-18,20H2,1H3/t26-,28+/m1/s1. The SMILES string of the molecule is Cn1ccc([C@H]2CCNC[C@@H]2C(=O)N(Cc2cn(Cc3ccc(Cl)cc3)c3ccccc23)C2CC2)cc1=O. The van der Waals surface area contributed by atoms with Crippen LogP contribution in [0.3, 0.4) is 0 Å². The van der Waals surface area contributed by atoms with E-state index in [0.717, 1.165) is 48.5 Å². The predicted molar refractivity (Wildman–Crippen MR) is 151 cm³/mol. The normalized spacial score (nSPS) is 19.5. The van der Waals surface area contributed by atoms with Crippen molar-refractivity contribution in [2.75, 3.05) is 13.1 Å². The van der Waals surface area contributed by atoms with E-state index < -0.39 is 0 Å². The molecule has 2 atom stereocenters. The number of para-hydroxylation sites is 1. The summed E-state index contributed by atoms with van der Waals surface area (Å²) in [6.45, 7) is 2.83. The lowest BCUT2D eigenvalue weighted by molar-refractivity contribution is -0.138. The van der Waals surface area contributed by atoms with Gasteiger partial charge in [0.15, 0.2) is 0 Å². The third kappa shape index (κ3) is 5.03. The van der Waals surface area contributed by atoms with Crippen LogP contribution in [0.2, 0.25) is 5.02 Å². The lowest BCUT2D eigenvalue weighted by atomic mass is 9.80. The number of carbonyl (C=O) groups excluding carboxylic acids is 1. The monoisotopic (exact) mass is 528 g/mol. The maximum atomic E-state index is 14.2. The van der Waals surface area contributed by atoms with Gasteiger partial charge in [-0.05, 0) is 72.7 Å². The molecule has 2 aromatic heterocycles. The Labute approximate surface area is 227 Å². The summed E-state index contributed by atoms with van der Waals surface area (Å²) in [7, 11) is 1.76. The van der Waals surface area contributed by atoms with E-state index in [1.165, 1.54) is 16.5 Å². The summed E-state index contributed by atoms with van der Waals surface area (Å²) in [6.07, 6.45) is 6.97. The number of pyridine rings is 1. The first kappa shape index (κ1) is 25.0. The van der Waals surface area contributed by atoms with Gasteiger partial charge in [-0.1, -0.05) is 41.9 Å². The summed E-state index contributed by atoms with van der Waals surface area (Å²) >= 11 is 6.10. The first-order valence-electron chi connectivity index (χ1n) is 13.5. The van der Waals surface area contributed by atoms with Crippen molar-refractivity contribution >= 4 is 28.4 Å². The van der Waals surface area contributed by atoms with Crippen molar-refractivity contribution < 1.29 is 4.79 Å². The highest BCUT2D eigenvalue weighted by molar-refractivity contribution is 6.30. The summed E-state index contributed by atoms with van der Waals surface area (Å²) in [5.41, 5.74) is 4.46. The smallest absolute Gasteiger partial charge is 0.250 e. The lowest BCUT2D eigenvalue weighted by Crippen LogP contribution is -2.47. The number of nitrogens with one attached hydrogen (secondary N) is 1. The number of benzene rings is 2. The van der Waals surface area contributed by atoms with Crippen molar-refractivity contribution in [2.45, 2.75) is 44.3 Å². The fourth-order valence-corrected chi connectivity index (χ4v) is 5.97. The molecule has 1 N–H and O–H groups in total. The van der Waals surface area contributed by atoms with Gasteiger partial charge in [-0.2, -0.15) is 0 Å². The van der Waals surface area contributed by atoms with Crippen molar-refractivity contribution in [1.29, 1.82) is 0 Å². The van der Waals surface area contributed by atoms with Crippen LogP contribution in [0.5, 0.6) is 0 Å². The van der Waals surface area contributed by atoms with Crippen LogP contribution < -0.4 is 10.9 Å². The Kier molecular flexibility index (Phi) is 6.85. The van der Waals surface area contributed by atoms with Crippen molar-refractivity contribution in [3.8, 4) is 0 Å². The molecule has 1 saturated carbocycles. The number of fused-ring (bicyclic) bond motifs is 1. The zero-order valence-electron chi connectivity index (χ0n) is 21.6. The minimum Gasteiger partial charge on any atom is -0.343 e. The van der Waals surface area contributed by atoms with Crippen LogP contribution in [0.4, 0.5) is 0 Å². The van der Waals surface area contributed by atoms with E-state index in [9.17, 15) is 9.59 Å². The maximum absolute atomic E-state index is 14.2. The minimum atomic E-state index is -0.182. The molecule has 2 fully saturated rings. The lowest BCUT2D eigenvalue weighted by Gasteiger charge is -2.35. The van der Waals surface area contributed by atoms with Crippen molar-refractivity contribution in [3.63, 3.8) is 0 Å². The highest BCUT2D eigenvalue weighted by atomic mass is 35.5. The first-order valence-corrected chi connectivity index (χ1v) is 13.8. The number of nitrogens with zero attached hydrogens (tertiary/aromatic N) is 3. The second-order valence-electron chi connectivity index (χ2n) is 10.7. The highest BCUT2D eigenvalue weighted by Gasteiger charge is 2.40. The summed E-state index contributed by atoms with van der Waals surface area (Å²) in [4.78, 5) is 28.6. The summed E-state index contributed by atoms with van der Waals surface area (Å²) in [5, 5.41) is 5.36. The van der Waals surface area contributed by atoms with Crippen molar-refractivity contribution in [1.82, 2.24) is 19.4 Å². The Bertz CT molecular complexity index is 1520. The van der Waals surface area contributed by atoms with Gasteiger partial charge in [-0.3, -0.25) is 9.59 Å². The number of hydrogen-bond acceptors (Lipinski definition) is 3. The van der Waals surface area contributed by atoms with Gasteiger partial charge in [-0.15, -0.1) is 0 Å². The molecular formula is C31H33ClN4O2. The molecule has 6 nitrogen and oxygen atoms in total. The zero-order chi connectivity index (χ0) is 26.2. The van der Waals surface area contributed by atoms with Crippen LogP contribution in [0.25, 0.3) is 10.9 Å². The molecule has 2 aromatic carbocycles. The molecule has 1 amide bonds. The van der Waals surface area contributed by atoms with Gasteiger partial charge in [0.25, 0.3) is 5.56 Å². The highest BCUT2D eigenvalue weighted by Crippen LogP contribution is 2.37. The number of hydrogen-bond donors (Lipinski definition) is 1. The summed E-state index contributed by atoms with van der Waals surface area (Å²) in [5.74, 6) is 0.0592. The Hall–Kier alpha value is -3.35. The Morgan fingerprint density at radius 3 is 2.63 bits per heavy atom. The average molecular weight is 529 g/mol. The maximum Gasteiger partial charge on any atom is 0.250 e. The molecule has 196 valence electrons. The number of piperidine rings is 1. The van der Waals surface area contributed by atoms with Crippen LogP contribution >= 0.6 is 11.6 Å². The van der Waals surface area contributed by atoms with E-state index in [0.29, 0.717) is 13.1 Å². The molecule has 6 rings (SSSR count). The fraction of sp³-hybridized carbons (Fsp3) is 0.355. The Balaban J connectivity index is 1.30. The summed E-state index contributed by atoms with van der Waals surface area (Å²) in [6, 6.07) is 20.4. The molecule has 4 aromatic rings. The number of carbonyl (C=O) groups is 1. The van der Waals surface area contributed by atoms with Crippen LogP contribution in [0.15, 0.2) is 77.9 Å². The van der Waals surface area contributed by atoms with E-state index in [4.69, 9.17) is 11.6 Å². The minimum absolute atomic E-state index is 0.0280. The van der Waals surface area contributed by atoms with Crippen molar-refractivity contribution in [3.05, 3.63) is 105 Å². The number of aryl methyl sites for hydroxylation is 1. The summed E-state index contributed by atoms with van der Waals surface area (Å²) < 4.78 is 3.85. The van der Waals surface area contributed by atoms with Crippen LogP contribution in [0, 0.1) is 5.92 Å². The van der Waals surface area contributed by atoms with Gasteiger partial charge >= 0.3 is 0 Å². The van der Waals surface area contributed by atoms with Gasteiger partial charge in [0.2, 0.25) is 5.91 Å². The molecular weight excluding hydrogens is 496 g/mol. The van der Waals surface area contributed by atoms with E-state index in [-0.39, 0.29) is 29.3 Å². The third-order valence-electron chi connectivity index (χ3n) is 8.10. The molecule has 1 saturated heterocycles. The van der Waals surface area contributed by atoms with E-state index in [2.05, 4.69) is 57.4 Å². The number of aromatic nitrogens is 2. The first-order chi connectivity index (χ1) is 18.5. The molecule has 3 heterocycles. The molecule has 0 radical (unpaired) electrons. The number of halogens is 1. The van der Waals surface area contributed by atoms with Gasteiger partial charge in [-0.25, -0.2) is 0 Å². The molecule has 0 unspecified atom stereocenters. The molecule has 1 aliphatic heterocycles. The number of rotatable bonds is 7. The molecule has 0 spiro atoms. The van der Waals surface area contributed by atoms with E-state index in [1.807, 2.05) is 24.4 Å². The fourth-order valence-electron chi connectivity index (χ4n) is 5.85. The average Bonchev–Trinajstić information content (AvgIpc) is 3.73. The molecule has 7 heteroatoms. The Morgan fingerprint density at radius 2 is 1.87 bits per heavy atom. The molecule has 0 bridgehead atoms. The molecule has 1 aliphatic carbocycles. The topological polar surface area (TPSA) is 59.3 Å². The van der Waals surface area contributed by atoms with Gasteiger partial charge < -0.3 is 19.4 Å². The largest absolute Gasteiger partial charge is 0.343 e. The Morgan fingerprint density at radius 1 is 1.08 bits per heavy atom. The zero-order valence-corrected chi connectivity index (χ0v) is 22.4. The van der Waals surface area contributed by atoms with Gasteiger partial charge in [0.05, 0.1) is 5.92 Å². The second kappa shape index (κ2) is 10.4.